The molecule has 6 aromatic carbocycles. The Labute approximate surface area is 366 Å². The molecule has 0 spiro atoms. The van der Waals surface area contributed by atoms with E-state index in [-0.39, 0.29) is 5.92 Å². The smallest absolute Gasteiger partial charge is 0.135 e. The van der Waals surface area contributed by atoms with Crippen molar-refractivity contribution in [3.05, 3.63) is 218 Å². The van der Waals surface area contributed by atoms with E-state index in [4.69, 9.17) is 14.4 Å². The predicted octanol–water partition coefficient (Wildman–Crippen LogP) is 13.9. The number of hydrogen-bond donors (Lipinski definition) is 0. The van der Waals surface area contributed by atoms with Gasteiger partial charge in [0.05, 0.1) is 27.8 Å². The molecule has 0 aliphatic heterocycles. The minimum Gasteiger partial charge on any atom is -0.456 e. The summed E-state index contributed by atoms with van der Waals surface area (Å²) in [7, 11) is 0. The Morgan fingerprint density at radius 2 is 1.05 bits per heavy atom. The van der Waals surface area contributed by atoms with Crippen molar-refractivity contribution in [2.75, 3.05) is 0 Å². The van der Waals surface area contributed by atoms with E-state index in [1.54, 1.807) is 0 Å². The molecule has 7 heterocycles. The van der Waals surface area contributed by atoms with Gasteiger partial charge < -0.3 is 13.6 Å². The summed E-state index contributed by atoms with van der Waals surface area (Å²) in [5.41, 5.74) is 20.3. The van der Waals surface area contributed by atoms with Crippen molar-refractivity contribution in [2.45, 2.75) is 5.92 Å². The molecule has 298 valence electrons. The summed E-state index contributed by atoms with van der Waals surface area (Å²) in [5, 5.41) is 4.54. The number of nitrogens with zero attached hydrogens (tertiary/aromatic N) is 6. The van der Waals surface area contributed by atoms with Gasteiger partial charge >= 0.3 is 0 Å². The Morgan fingerprint density at radius 3 is 1.86 bits per heavy atom. The third kappa shape index (κ3) is 5.09. The zero-order chi connectivity index (χ0) is 41.9. The summed E-state index contributed by atoms with van der Waals surface area (Å²) in [4.78, 5) is 19.0. The zero-order valence-corrected chi connectivity index (χ0v) is 34.2. The normalized spacial score (nSPS) is 12.6. The van der Waals surface area contributed by atoms with Gasteiger partial charge in [0.25, 0.3) is 0 Å². The predicted molar refractivity (Wildman–Crippen MR) is 257 cm³/mol. The van der Waals surface area contributed by atoms with E-state index in [9.17, 15) is 0 Å². The van der Waals surface area contributed by atoms with E-state index >= 15 is 0 Å². The third-order valence-corrected chi connectivity index (χ3v) is 13.2. The average molecular weight is 819 g/mol. The van der Waals surface area contributed by atoms with Crippen molar-refractivity contribution in [2.24, 2.45) is 0 Å². The van der Waals surface area contributed by atoms with Crippen LogP contribution >= 0.6 is 0 Å². The van der Waals surface area contributed by atoms with Gasteiger partial charge in [-0.3, -0.25) is 15.0 Å². The molecule has 1 aliphatic carbocycles. The molecular formula is C57H34N6O. The fraction of sp³-hybridized carbons (Fsp3) is 0.0175. The van der Waals surface area contributed by atoms with Gasteiger partial charge in [0.1, 0.15) is 22.2 Å². The van der Waals surface area contributed by atoms with Crippen molar-refractivity contribution in [1.29, 1.82) is 0 Å². The van der Waals surface area contributed by atoms with Crippen LogP contribution in [-0.4, -0.2) is 29.1 Å². The minimum atomic E-state index is 0.103. The molecule has 0 bridgehead atoms. The highest BCUT2D eigenvalue weighted by Crippen LogP contribution is 2.48. The number of aromatic nitrogens is 6. The number of rotatable bonds is 5. The highest BCUT2D eigenvalue weighted by atomic mass is 16.3. The second kappa shape index (κ2) is 13.4. The number of para-hydroxylation sites is 2. The molecule has 0 saturated heterocycles. The summed E-state index contributed by atoms with van der Waals surface area (Å²) in [6.07, 6.45) is 9.57. The van der Waals surface area contributed by atoms with Gasteiger partial charge in [-0.1, -0.05) is 60.7 Å². The molecule has 1 aliphatic rings. The highest BCUT2D eigenvalue weighted by molar-refractivity contribution is 6.12. The summed E-state index contributed by atoms with van der Waals surface area (Å²) < 4.78 is 11.1. The fourth-order valence-corrected chi connectivity index (χ4v) is 10.4. The van der Waals surface area contributed by atoms with Crippen LogP contribution in [0.5, 0.6) is 0 Å². The SMILES string of the molecule is c1ccc(-n2c3cccnc3c3nc(-c4ccc5oc6ccc(-c7ccc8c(c7)c7ccccc7n8-c7cccc(C8c9ccncc9-c9cnccc98)c7)cc6c5c4)ccc32)cc1. The van der Waals surface area contributed by atoms with Crippen LogP contribution in [0, 0.1) is 0 Å². The Morgan fingerprint density at radius 1 is 0.422 bits per heavy atom. The first-order chi connectivity index (χ1) is 31.7. The van der Waals surface area contributed by atoms with Crippen LogP contribution < -0.4 is 0 Å². The fourth-order valence-electron chi connectivity index (χ4n) is 10.4. The topological polar surface area (TPSA) is 74.6 Å². The lowest BCUT2D eigenvalue weighted by atomic mass is 9.90. The number of benzene rings is 6. The summed E-state index contributed by atoms with van der Waals surface area (Å²) in [6, 6.07) is 60.6. The largest absolute Gasteiger partial charge is 0.456 e. The lowest BCUT2D eigenvalue weighted by Gasteiger charge is -2.16. The van der Waals surface area contributed by atoms with Gasteiger partial charge in [-0.05, 0) is 137 Å². The van der Waals surface area contributed by atoms with Crippen molar-refractivity contribution in [3.63, 3.8) is 0 Å². The molecule has 64 heavy (non-hydrogen) atoms. The number of furan rings is 1. The van der Waals surface area contributed by atoms with Gasteiger partial charge in [0.2, 0.25) is 0 Å². The number of pyridine rings is 4. The molecule has 0 amide bonds. The molecular weight excluding hydrogens is 785 g/mol. The van der Waals surface area contributed by atoms with E-state index in [0.717, 1.165) is 94.4 Å². The molecule has 0 fully saturated rings. The minimum absolute atomic E-state index is 0.103. The molecule has 14 rings (SSSR count). The molecule has 7 heteroatoms. The maximum absolute atomic E-state index is 6.44. The van der Waals surface area contributed by atoms with Crippen LogP contribution in [0.4, 0.5) is 0 Å². The van der Waals surface area contributed by atoms with E-state index < -0.39 is 0 Å². The number of hydrogen-bond acceptors (Lipinski definition) is 5. The molecule has 7 nitrogen and oxygen atoms in total. The van der Waals surface area contributed by atoms with Crippen molar-refractivity contribution in [3.8, 4) is 44.9 Å². The van der Waals surface area contributed by atoms with E-state index in [1.807, 2.05) is 43.1 Å². The molecule has 0 saturated carbocycles. The van der Waals surface area contributed by atoms with E-state index in [2.05, 4.69) is 177 Å². The maximum Gasteiger partial charge on any atom is 0.135 e. The van der Waals surface area contributed by atoms with Gasteiger partial charge in [-0.25, -0.2) is 4.98 Å². The first-order valence-corrected chi connectivity index (χ1v) is 21.5. The molecule has 0 N–H and O–H groups in total. The van der Waals surface area contributed by atoms with Crippen LogP contribution in [-0.2, 0) is 0 Å². The van der Waals surface area contributed by atoms with E-state index in [1.165, 1.54) is 33.0 Å². The summed E-state index contributed by atoms with van der Waals surface area (Å²) >= 11 is 0. The second-order valence-corrected chi connectivity index (χ2v) is 16.7. The standard InChI is InChI=1S/C57H34N6O/c1-2-9-38(10-3-1)62-51-14-7-25-60-56(51)57-52(62)20-18-48(61-57)36-17-22-54-45(31-36)44-30-35(16-21-53(44)64-54)34-15-19-50-43(29-34)40-12-4-5-13-49(40)63(50)39-11-6-8-37(28-39)55-41-23-26-58-32-46(41)47-33-59-27-24-42(47)55/h1-33,55H. The van der Waals surface area contributed by atoms with Crippen LogP contribution in [0.1, 0.15) is 22.6 Å². The van der Waals surface area contributed by atoms with Crippen LogP contribution in [0.15, 0.2) is 205 Å². The lowest BCUT2D eigenvalue weighted by Crippen LogP contribution is -2.02. The summed E-state index contributed by atoms with van der Waals surface area (Å²) in [5.74, 6) is 0.103. The average Bonchev–Trinajstić information content (AvgIpc) is 4.10. The Bertz CT molecular complexity index is 4000. The Balaban J connectivity index is 0.865. The third-order valence-electron chi connectivity index (χ3n) is 13.2. The number of fused-ring (bicyclic) bond motifs is 12. The molecule has 0 atom stereocenters. The monoisotopic (exact) mass is 818 g/mol. The van der Waals surface area contributed by atoms with E-state index in [0.29, 0.717) is 0 Å². The van der Waals surface area contributed by atoms with Crippen molar-refractivity contribution >= 4 is 65.8 Å². The maximum atomic E-state index is 6.44. The van der Waals surface area contributed by atoms with Gasteiger partial charge in [0, 0.05) is 86.5 Å². The van der Waals surface area contributed by atoms with Crippen molar-refractivity contribution < 1.29 is 4.42 Å². The van der Waals surface area contributed by atoms with Gasteiger partial charge in [0.15, 0.2) is 0 Å². The van der Waals surface area contributed by atoms with Crippen LogP contribution in [0.25, 0.3) is 111 Å². The Kier molecular flexibility index (Phi) is 7.33. The molecule has 7 aromatic heterocycles. The van der Waals surface area contributed by atoms with Crippen LogP contribution in [0.2, 0.25) is 0 Å². The Hall–Kier alpha value is -8.68. The lowest BCUT2D eigenvalue weighted by molar-refractivity contribution is 0.669. The van der Waals surface area contributed by atoms with Crippen molar-refractivity contribution in [1.82, 2.24) is 29.1 Å². The first-order valence-electron chi connectivity index (χ1n) is 21.5. The molecule has 0 unspecified atom stereocenters. The van der Waals surface area contributed by atoms with Gasteiger partial charge in [-0.2, -0.15) is 0 Å². The molecule has 0 radical (unpaired) electrons. The zero-order valence-electron chi connectivity index (χ0n) is 34.2. The molecule has 13 aromatic rings. The first kappa shape index (κ1) is 35.0. The quantitative estimate of drug-likeness (QED) is 0.173. The van der Waals surface area contributed by atoms with Gasteiger partial charge in [-0.15, -0.1) is 0 Å². The second-order valence-electron chi connectivity index (χ2n) is 16.7. The highest BCUT2D eigenvalue weighted by Gasteiger charge is 2.30. The summed E-state index contributed by atoms with van der Waals surface area (Å²) in [6.45, 7) is 0. The van der Waals surface area contributed by atoms with Crippen LogP contribution in [0.3, 0.4) is 0 Å².